The van der Waals surface area contributed by atoms with Gasteiger partial charge in [0, 0.05) is 32.2 Å². The minimum atomic E-state index is 0.451. The lowest BCUT2D eigenvalue weighted by atomic mass is 10.1. The first-order valence-corrected chi connectivity index (χ1v) is 9.11. The van der Waals surface area contributed by atoms with E-state index in [1.54, 1.807) is 7.11 Å². The van der Waals surface area contributed by atoms with Crippen molar-refractivity contribution in [2.45, 2.75) is 33.4 Å². The number of methoxy groups -OCH3 is 1. The van der Waals surface area contributed by atoms with Gasteiger partial charge in [-0.2, -0.15) is 0 Å². The quantitative estimate of drug-likeness (QED) is 0.581. The monoisotopic (exact) mass is 348 g/mol. The van der Waals surface area contributed by atoms with Crippen LogP contribution in [0, 0.1) is 6.92 Å². The molecule has 2 rings (SSSR count). The lowest BCUT2D eigenvalue weighted by Gasteiger charge is -2.32. The van der Waals surface area contributed by atoms with E-state index in [-0.39, 0.29) is 0 Å². The molecule has 1 aromatic carbocycles. The van der Waals surface area contributed by atoms with Crippen LogP contribution in [0.2, 0.25) is 0 Å². The number of nitrogens with zero attached hydrogens (tertiary/aromatic N) is 2. The molecule has 0 spiro atoms. The Morgan fingerprint density at radius 1 is 1.32 bits per heavy atom. The SMILES string of the molecule is CCNC(=NCc1ccc(C)c(OC)c1)NCC(C)N1CCOCC1. The van der Waals surface area contributed by atoms with Crippen molar-refractivity contribution < 1.29 is 9.47 Å². The van der Waals surface area contributed by atoms with Crippen LogP contribution >= 0.6 is 0 Å². The van der Waals surface area contributed by atoms with Gasteiger partial charge in [0.15, 0.2) is 5.96 Å². The minimum absolute atomic E-state index is 0.451. The molecule has 0 aliphatic carbocycles. The molecular weight excluding hydrogens is 316 g/mol. The van der Waals surface area contributed by atoms with E-state index >= 15 is 0 Å². The predicted molar refractivity (Wildman–Crippen MR) is 102 cm³/mol. The summed E-state index contributed by atoms with van der Waals surface area (Å²) in [5, 5.41) is 6.77. The van der Waals surface area contributed by atoms with Gasteiger partial charge in [-0.05, 0) is 38.0 Å². The van der Waals surface area contributed by atoms with Gasteiger partial charge in [0.1, 0.15) is 5.75 Å². The summed E-state index contributed by atoms with van der Waals surface area (Å²) in [6.45, 7) is 12.4. The van der Waals surface area contributed by atoms with Crippen LogP contribution in [0.5, 0.6) is 5.75 Å². The fraction of sp³-hybridized carbons (Fsp3) is 0.632. The number of aryl methyl sites for hydroxylation is 1. The van der Waals surface area contributed by atoms with Crippen LogP contribution in [-0.2, 0) is 11.3 Å². The van der Waals surface area contributed by atoms with Crippen molar-refractivity contribution in [3.63, 3.8) is 0 Å². The Balaban J connectivity index is 1.91. The number of ether oxygens (including phenoxy) is 2. The lowest BCUT2D eigenvalue weighted by molar-refractivity contribution is 0.0211. The third-order valence-corrected chi connectivity index (χ3v) is 4.47. The second-order valence-corrected chi connectivity index (χ2v) is 6.38. The molecule has 0 aromatic heterocycles. The van der Waals surface area contributed by atoms with Crippen molar-refractivity contribution in [3.8, 4) is 5.75 Å². The van der Waals surface area contributed by atoms with Crippen LogP contribution in [0.1, 0.15) is 25.0 Å². The average Bonchev–Trinajstić information content (AvgIpc) is 2.65. The summed E-state index contributed by atoms with van der Waals surface area (Å²) < 4.78 is 10.8. The molecule has 0 amide bonds. The molecule has 0 saturated carbocycles. The Hall–Kier alpha value is -1.79. The highest BCUT2D eigenvalue weighted by molar-refractivity contribution is 5.79. The number of hydrogen-bond donors (Lipinski definition) is 2. The summed E-state index contributed by atoms with van der Waals surface area (Å²) in [4.78, 5) is 7.15. The molecular formula is C19H32N4O2. The summed E-state index contributed by atoms with van der Waals surface area (Å²) in [6, 6.07) is 6.68. The van der Waals surface area contributed by atoms with Gasteiger partial charge in [-0.25, -0.2) is 4.99 Å². The molecule has 1 saturated heterocycles. The van der Waals surface area contributed by atoms with Crippen LogP contribution in [0.25, 0.3) is 0 Å². The number of benzene rings is 1. The Labute approximate surface area is 151 Å². The molecule has 6 heteroatoms. The molecule has 25 heavy (non-hydrogen) atoms. The first-order valence-electron chi connectivity index (χ1n) is 9.11. The Kier molecular flexibility index (Phi) is 8.01. The first-order chi connectivity index (χ1) is 12.1. The van der Waals surface area contributed by atoms with Crippen molar-refractivity contribution in [2.24, 2.45) is 4.99 Å². The van der Waals surface area contributed by atoms with E-state index in [0.29, 0.717) is 12.6 Å². The Morgan fingerprint density at radius 3 is 2.76 bits per heavy atom. The highest BCUT2D eigenvalue weighted by atomic mass is 16.5. The van der Waals surface area contributed by atoms with Gasteiger partial charge in [0.05, 0.1) is 26.9 Å². The zero-order chi connectivity index (χ0) is 18.1. The molecule has 1 heterocycles. The van der Waals surface area contributed by atoms with Crippen molar-refractivity contribution in [3.05, 3.63) is 29.3 Å². The fourth-order valence-electron chi connectivity index (χ4n) is 2.87. The van der Waals surface area contributed by atoms with Gasteiger partial charge >= 0.3 is 0 Å². The summed E-state index contributed by atoms with van der Waals surface area (Å²) in [6.07, 6.45) is 0. The van der Waals surface area contributed by atoms with Crippen LogP contribution < -0.4 is 15.4 Å². The predicted octanol–water partition coefficient (Wildman–Crippen LogP) is 1.78. The van der Waals surface area contributed by atoms with Crippen molar-refractivity contribution in [1.29, 1.82) is 0 Å². The molecule has 140 valence electrons. The third-order valence-electron chi connectivity index (χ3n) is 4.47. The number of aliphatic imine (C=N–C) groups is 1. The zero-order valence-electron chi connectivity index (χ0n) is 16.0. The minimum Gasteiger partial charge on any atom is -0.496 e. The Bertz CT molecular complexity index is 556. The first kappa shape index (κ1) is 19.5. The standard InChI is InChI=1S/C19H32N4O2/c1-5-20-19(21-13-16(3)23-8-10-25-11-9-23)22-14-17-7-6-15(2)18(12-17)24-4/h6-7,12,16H,5,8-11,13-14H2,1-4H3,(H2,20,21,22). The average molecular weight is 348 g/mol. The molecule has 2 N–H and O–H groups in total. The van der Waals surface area contributed by atoms with E-state index in [4.69, 9.17) is 14.5 Å². The topological polar surface area (TPSA) is 58.1 Å². The van der Waals surface area contributed by atoms with Gasteiger partial charge in [0.25, 0.3) is 0 Å². The highest BCUT2D eigenvalue weighted by Crippen LogP contribution is 2.19. The largest absolute Gasteiger partial charge is 0.496 e. The summed E-state index contributed by atoms with van der Waals surface area (Å²) in [5.41, 5.74) is 2.28. The van der Waals surface area contributed by atoms with Crippen LogP contribution in [-0.4, -0.2) is 63.4 Å². The summed E-state index contributed by atoms with van der Waals surface area (Å²) in [7, 11) is 1.70. The Morgan fingerprint density at radius 2 is 2.08 bits per heavy atom. The molecule has 1 aliphatic heterocycles. The van der Waals surface area contributed by atoms with Crippen LogP contribution in [0.4, 0.5) is 0 Å². The van der Waals surface area contributed by atoms with E-state index in [0.717, 1.165) is 62.2 Å². The second-order valence-electron chi connectivity index (χ2n) is 6.38. The van der Waals surface area contributed by atoms with Gasteiger partial charge in [-0.1, -0.05) is 12.1 Å². The molecule has 1 aromatic rings. The van der Waals surface area contributed by atoms with Crippen molar-refractivity contribution in [2.75, 3.05) is 46.5 Å². The van der Waals surface area contributed by atoms with Crippen LogP contribution in [0.3, 0.4) is 0 Å². The van der Waals surface area contributed by atoms with Crippen molar-refractivity contribution in [1.82, 2.24) is 15.5 Å². The molecule has 1 unspecified atom stereocenters. The van der Waals surface area contributed by atoms with E-state index in [1.807, 2.05) is 6.92 Å². The maximum absolute atomic E-state index is 5.42. The van der Waals surface area contributed by atoms with Gasteiger partial charge in [-0.15, -0.1) is 0 Å². The lowest BCUT2D eigenvalue weighted by Crippen LogP contribution is -2.49. The van der Waals surface area contributed by atoms with Gasteiger partial charge in [0.2, 0.25) is 0 Å². The number of hydrogen-bond acceptors (Lipinski definition) is 4. The molecule has 0 bridgehead atoms. The normalized spacial score (nSPS) is 17.2. The van der Waals surface area contributed by atoms with Gasteiger partial charge < -0.3 is 20.1 Å². The van der Waals surface area contributed by atoms with E-state index in [9.17, 15) is 0 Å². The summed E-state index contributed by atoms with van der Waals surface area (Å²) >= 11 is 0. The fourth-order valence-corrected chi connectivity index (χ4v) is 2.87. The summed E-state index contributed by atoms with van der Waals surface area (Å²) in [5.74, 6) is 1.76. The van der Waals surface area contributed by atoms with Crippen molar-refractivity contribution >= 4 is 5.96 Å². The van der Waals surface area contributed by atoms with E-state index in [2.05, 4.69) is 47.6 Å². The highest BCUT2D eigenvalue weighted by Gasteiger charge is 2.16. The molecule has 1 fully saturated rings. The number of morpholine rings is 1. The maximum Gasteiger partial charge on any atom is 0.191 e. The number of guanidine groups is 1. The third kappa shape index (κ3) is 6.21. The molecule has 0 radical (unpaired) electrons. The van der Waals surface area contributed by atoms with Gasteiger partial charge in [-0.3, -0.25) is 4.90 Å². The zero-order valence-corrected chi connectivity index (χ0v) is 16.0. The maximum atomic E-state index is 5.42. The number of nitrogens with one attached hydrogen (secondary N) is 2. The van der Waals surface area contributed by atoms with E-state index in [1.165, 1.54) is 0 Å². The molecule has 1 aliphatic rings. The number of rotatable bonds is 7. The molecule has 6 nitrogen and oxygen atoms in total. The van der Waals surface area contributed by atoms with E-state index < -0.39 is 0 Å². The van der Waals surface area contributed by atoms with Crippen LogP contribution in [0.15, 0.2) is 23.2 Å². The smallest absolute Gasteiger partial charge is 0.191 e. The second kappa shape index (κ2) is 10.3. The molecule has 1 atom stereocenters.